The van der Waals surface area contributed by atoms with E-state index in [9.17, 15) is 4.79 Å². The molecule has 110 valence electrons. The molecule has 0 bridgehead atoms. The first-order valence-corrected chi connectivity index (χ1v) is 7.16. The molecular weight excluding hydrogens is 268 g/mol. The number of likely N-dealkylation sites (tertiary alicyclic amines) is 1. The van der Waals surface area contributed by atoms with Gasteiger partial charge < -0.3 is 9.64 Å². The zero-order valence-electron chi connectivity index (χ0n) is 12.0. The molecule has 21 heavy (non-hydrogen) atoms. The van der Waals surface area contributed by atoms with Gasteiger partial charge in [0.05, 0.1) is 24.4 Å². The molecule has 1 aliphatic rings. The number of hydrogen-bond donors (Lipinski definition) is 0. The van der Waals surface area contributed by atoms with E-state index in [-0.39, 0.29) is 11.9 Å². The summed E-state index contributed by atoms with van der Waals surface area (Å²) in [4.78, 5) is 14.5. The lowest BCUT2D eigenvalue weighted by molar-refractivity contribution is 0.0783. The number of aromatic nitrogens is 3. The maximum Gasteiger partial charge on any atom is 0.257 e. The molecule has 1 aliphatic heterocycles. The van der Waals surface area contributed by atoms with Crippen molar-refractivity contribution >= 4 is 5.91 Å². The molecule has 6 nitrogen and oxygen atoms in total. The van der Waals surface area contributed by atoms with Crippen LogP contribution in [-0.2, 0) is 0 Å². The highest BCUT2D eigenvalue weighted by atomic mass is 16.5. The number of carbonyl (C=O) groups is 1. The number of rotatable bonds is 4. The molecule has 2 aromatic rings. The normalized spacial score (nSPS) is 18.0. The summed E-state index contributed by atoms with van der Waals surface area (Å²) in [6.07, 6.45) is 4.40. The van der Waals surface area contributed by atoms with Crippen molar-refractivity contribution in [2.75, 3.05) is 19.7 Å². The minimum Gasteiger partial charge on any atom is -0.493 e. The Morgan fingerprint density at radius 1 is 1.43 bits per heavy atom. The summed E-state index contributed by atoms with van der Waals surface area (Å²) in [5.41, 5.74) is 0.624. The highest BCUT2D eigenvalue weighted by molar-refractivity contribution is 5.97. The van der Waals surface area contributed by atoms with Crippen LogP contribution in [0.5, 0.6) is 5.75 Å². The average Bonchev–Trinajstić information content (AvgIpc) is 3.18. The molecule has 0 unspecified atom stereocenters. The van der Waals surface area contributed by atoms with Crippen molar-refractivity contribution in [2.24, 2.45) is 0 Å². The number of ether oxygens (including phenoxy) is 1. The van der Waals surface area contributed by atoms with E-state index < -0.39 is 0 Å². The van der Waals surface area contributed by atoms with E-state index in [4.69, 9.17) is 4.74 Å². The first kappa shape index (κ1) is 13.6. The van der Waals surface area contributed by atoms with Crippen molar-refractivity contribution in [3.63, 3.8) is 0 Å². The Balaban J connectivity index is 1.75. The molecule has 1 saturated heterocycles. The van der Waals surface area contributed by atoms with Crippen molar-refractivity contribution in [3.05, 3.63) is 42.2 Å². The van der Waals surface area contributed by atoms with E-state index in [1.54, 1.807) is 6.20 Å². The molecule has 0 radical (unpaired) electrons. The van der Waals surface area contributed by atoms with Crippen molar-refractivity contribution < 1.29 is 9.53 Å². The van der Waals surface area contributed by atoms with Crippen LogP contribution < -0.4 is 4.74 Å². The van der Waals surface area contributed by atoms with Gasteiger partial charge in [-0.3, -0.25) is 4.79 Å². The summed E-state index contributed by atoms with van der Waals surface area (Å²) in [5.74, 6) is 0.663. The quantitative estimate of drug-likeness (QED) is 0.859. The van der Waals surface area contributed by atoms with Gasteiger partial charge in [0.25, 0.3) is 5.91 Å². The van der Waals surface area contributed by atoms with Crippen LogP contribution in [0.4, 0.5) is 0 Å². The van der Waals surface area contributed by atoms with Crippen molar-refractivity contribution in [1.82, 2.24) is 19.9 Å². The van der Waals surface area contributed by atoms with Gasteiger partial charge in [0.2, 0.25) is 0 Å². The number of nitrogens with zero attached hydrogens (tertiary/aromatic N) is 4. The lowest BCUT2D eigenvalue weighted by Gasteiger charge is -2.18. The molecule has 2 heterocycles. The van der Waals surface area contributed by atoms with E-state index in [0.717, 1.165) is 13.0 Å². The summed E-state index contributed by atoms with van der Waals surface area (Å²) in [6, 6.07) is 7.60. The van der Waals surface area contributed by atoms with Crippen LogP contribution in [0.15, 0.2) is 36.7 Å². The van der Waals surface area contributed by atoms with Gasteiger partial charge in [-0.2, -0.15) is 0 Å². The second kappa shape index (κ2) is 5.95. The van der Waals surface area contributed by atoms with Gasteiger partial charge in [-0.1, -0.05) is 17.3 Å². The Bertz CT molecular complexity index is 612. The predicted octanol–water partition coefficient (Wildman–Crippen LogP) is 1.76. The summed E-state index contributed by atoms with van der Waals surface area (Å²) in [6.45, 7) is 3.84. The average molecular weight is 286 g/mol. The lowest BCUT2D eigenvalue weighted by Crippen LogP contribution is -2.29. The SMILES string of the molecule is CCOc1ccccc1C(=O)N1CC[C@@H](n2ccnn2)C1. The molecule has 1 amide bonds. The predicted molar refractivity (Wildman–Crippen MR) is 77.2 cm³/mol. The van der Waals surface area contributed by atoms with Gasteiger partial charge in [0.1, 0.15) is 5.75 Å². The summed E-state index contributed by atoms with van der Waals surface area (Å²) in [7, 11) is 0. The van der Waals surface area contributed by atoms with Gasteiger partial charge in [-0.15, -0.1) is 5.10 Å². The minimum atomic E-state index is 0.0154. The van der Waals surface area contributed by atoms with Crippen LogP contribution in [0, 0.1) is 0 Å². The third kappa shape index (κ3) is 2.74. The van der Waals surface area contributed by atoms with E-state index in [2.05, 4.69) is 10.3 Å². The van der Waals surface area contributed by atoms with Gasteiger partial charge in [0.15, 0.2) is 0 Å². The molecule has 0 aliphatic carbocycles. The number of para-hydroxylation sites is 1. The summed E-state index contributed by atoms with van der Waals surface area (Å²) < 4.78 is 7.36. The third-order valence-corrected chi connectivity index (χ3v) is 3.68. The molecule has 3 rings (SSSR count). The first-order chi connectivity index (χ1) is 10.3. The maximum absolute atomic E-state index is 12.7. The fourth-order valence-electron chi connectivity index (χ4n) is 2.65. The third-order valence-electron chi connectivity index (χ3n) is 3.68. The lowest BCUT2D eigenvalue weighted by atomic mass is 10.2. The van der Waals surface area contributed by atoms with Crippen LogP contribution in [-0.4, -0.2) is 45.5 Å². The largest absolute Gasteiger partial charge is 0.493 e. The Kier molecular flexibility index (Phi) is 3.85. The highest BCUT2D eigenvalue weighted by Crippen LogP contribution is 2.25. The Hall–Kier alpha value is -2.37. The number of amides is 1. The molecule has 1 aromatic carbocycles. The van der Waals surface area contributed by atoms with E-state index in [0.29, 0.717) is 24.5 Å². The van der Waals surface area contributed by atoms with Gasteiger partial charge >= 0.3 is 0 Å². The second-order valence-corrected chi connectivity index (χ2v) is 5.01. The molecule has 0 N–H and O–H groups in total. The molecule has 1 fully saturated rings. The van der Waals surface area contributed by atoms with Gasteiger partial charge in [-0.25, -0.2) is 4.68 Å². The zero-order valence-corrected chi connectivity index (χ0v) is 12.0. The maximum atomic E-state index is 12.7. The van der Waals surface area contributed by atoms with E-state index >= 15 is 0 Å². The molecule has 0 spiro atoms. The van der Waals surface area contributed by atoms with Crippen LogP contribution in [0.1, 0.15) is 29.7 Å². The molecule has 1 aromatic heterocycles. The van der Waals surface area contributed by atoms with Crippen molar-refractivity contribution in [3.8, 4) is 5.75 Å². The van der Waals surface area contributed by atoms with Crippen LogP contribution in [0.3, 0.4) is 0 Å². The highest BCUT2D eigenvalue weighted by Gasteiger charge is 2.29. The number of benzene rings is 1. The van der Waals surface area contributed by atoms with Crippen molar-refractivity contribution in [1.29, 1.82) is 0 Å². The molecular formula is C15H18N4O2. The Morgan fingerprint density at radius 2 is 2.29 bits per heavy atom. The standard InChI is InChI=1S/C15H18N4O2/c1-2-21-14-6-4-3-5-13(14)15(20)18-9-7-12(11-18)19-10-8-16-17-19/h3-6,8,10,12H,2,7,9,11H2,1H3/t12-/m1/s1. The first-order valence-electron chi connectivity index (χ1n) is 7.16. The van der Waals surface area contributed by atoms with Crippen LogP contribution in [0.25, 0.3) is 0 Å². The topological polar surface area (TPSA) is 60.2 Å². The van der Waals surface area contributed by atoms with Crippen LogP contribution in [0.2, 0.25) is 0 Å². The minimum absolute atomic E-state index is 0.0154. The molecule has 6 heteroatoms. The van der Waals surface area contributed by atoms with Gasteiger partial charge in [0, 0.05) is 19.3 Å². The summed E-state index contributed by atoms with van der Waals surface area (Å²) >= 11 is 0. The monoisotopic (exact) mass is 286 g/mol. The molecule has 1 atom stereocenters. The second-order valence-electron chi connectivity index (χ2n) is 5.01. The van der Waals surface area contributed by atoms with Crippen molar-refractivity contribution in [2.45, 2.75) is 19.4 Å². The smallest absolute Gasteiger partial charge is 0.257 e. The number of hydrogen-bond acceptors (Lipinski definition) is 4. The van der Waals surface area contributed by atoms with Gasteiger partial charge in [-0.05, 0) is 25.5 Å². The van der Waals surface area contributed by atoms with E-state index in [1.165, 1.54) is 0 Å². The summed E-state index contributed by atoms with van der Waals surface area (Å²) in [5, 5.41) is 7.84. The van der Waals surface area contributed by atoms with Crippen LogP contribution >= 0.6 is 0 Å². The Morgan fingerprint density at radius 3 is 3.05 bits per heavy atom. The molecule has 0 saturated carbocycles. The zero-order chi connectivity index (χ0) is 14.7. The fourth-order valence-corrected chi connectivity index (χ4v) is 2.65. The van der Waals surface area contributed by atoms with E-state index in [1.807, 2.05) is 47.0 Å². The number of carbonyl (C=O) groups excluding carboxylic acids is 1. The Labute approximate surface area is 123 Å². The fraction of sp³-hybridized carbons (Fsp3) is 0.400.